The van der Waals surface area contributed by atoms with Crippen LogP contribution in [-0.4, -0.2) is 29.2 Å². The van der Waals surface area contributed by atoms with E-state index in [1.807, 2.05) is 25.7 Å². The molecule has 1 amide bonds. The summed E-state index contributed by atoms with van der Waals surface area (Å²) in [5, 5.41) is 0. The van der Waals surface area contributed by atoms with E-state index in [0.29, 0.717) is 6.04 Å². The third-order valence-corrected chi connectivity index (χ3v) is 3.39. The summed E-state index contributed by atoms with van der Waals surface area (Å²) in [5.74, 6) is 0.748. The Hall–Kier alpha value is -0.730. The zero-order chi connectivity index (χ0) is 11.1. The molecule has 0 aromatic rings. The van der Waals surface area contributed by atoms with Crippen LogP contribution in [0.25, 0.3) is 0 Å². The molecule has 0 N–H and O–H groups in total. The van der Waals surface area contributed by atoms with E-state index in [1.165, 1.54) is 25.7 Å². The zero-order valence-corrected chi connectivity index (χ0v) is 9.95. The smallest absolute Gasteiger partial charge is 0.410 e. The van der Waals surface area contributed by atoms with Crippen molar-refractivity contribution in [2.24, 2.45) is 5.92 Å². The van der Waals surface area contributed by atoms with Gasteiger partial charge in [0.2, 0.25) is 0 Å². The zero-order valence-electron chi connectivity index (χ0n) is 9.95. The maximum absolute atomic E-state index is 11.9. The number of hydrogen-bond acceptors (Lipinski definition) is 2. The Labute approximate surface area is 91.8 Å². The molecule has 0 radical (unpaired) electrons. The fourth-order valence-electron chi connectivity index (χ4n) is 2.78. The Bertz CT molecular complexity index is 257. The van der Waals surface area contributed by atoms with Crippen molar-refractivity contribution in [3.63, 3.8) is 0 Å². The van der Waals surface area contributed by atoms with E-state index in [9.17, 15) is 4.79 Å². The summed E-state index contributed by atoms with van der Waals surface area (Å²) < 4.78 is 5.42. The fraction of sp³-hybridized carbons (Fsp3) is 0.917. The van der Waals surface area contributed by atoms with Crippen LogP contribution in [0.1, 0.15) is 46.5 Å². The van der Waals surface area contributed by atoms with Crippen molar-refractivity contribution >= 4 is 6.09 Å². The molecule has 3 nitrogen and oxygen atoms in total. The van der Waals surface area contributed by atoms with Crippen molar-refractivity contribution in [1.82, 2.24) is 4.90 Å². The van der Waals surface area contributed by atoms with Gasteiger partial charge in [0.1, 0.15) is 5.60 Å². The quantitative estimate of drug-likeness (QED) is 0.616. The molecule has 2 fully saturated rings. The van der Waals surface area contributed by atoms with Crippen molar-refractivity contribution in [2.75, 3.05) is 6.54 Å². The highest BCUT2D eigenvalue weighted by Crippen LogP contribution is 2.38. The summed E-state index contributed by atoms with van der Waals surface area (Å²) in [5.41, 5.74) is -0.367. The van der Waals surface area contributed by atoms with Gasteiger partial charge in [-0.05, 0) is 46.0 Å². The summed E-state index contributed by atoms with van der Waals surface area (Å²) >= 11 is 0. The molecule has 86 valence electrons. The topological polar surface area (TPSA) is 29.5 Å². The largest absolute Gasteiger partial charge is 0.444 e. The number of ether oxygens (including phenoxy) is 1. The van der Waals surface area contributed by atoms with Crippen LogP contribution in [-0.2, 0) is 4.74 Å². The summed E-state index contributed by atoms with van der Waals surface area (Å²) in [6.45, 7) is 6.66. The van der Waals surface area contributed by atoms with Crippen LogP contribution in [0.3, 0.4) is 0 Å². The predicted molar refractivity (Wildman–Crippen MR) is 58.7 cm³/mol. The van der Waals surface area contributed by atoms with E-state index in [-0.39, 0.29) is 11.7 Å². The molecule has 2 aliphatic rings. The Morgan fingerprint density at radius 1 is 1.27 bits per heavy atom. The van der Waals surface area contributed by atoms with Gasteiger partial charge in [0.15, 0.2) is 0 Å². The van der Waals surface area contributed by atoms with Gasteiger partial charge in [-0.3, -0.25) is 0 Å². The highest BCUT2D eigenvalue weighted by atomic mass is 16.6. The summed E-state index contributed by atoms with van der Waals surface area (Å²) in [6, 6.07) is 0.472. The maximum Gasteiger partial charge on any atom is 0.410 e. The monoisotopic (exact) mass is 211 g/mol. The number of fused-ring (bicyclic) bond motifs is 1. The Morgan fingerprint density at radius 3 is 2.67 bits per heavy atom. The summed E-state index contributed by atoms with van der Waals surface area (Å²) in [7, 11) is 0. The van der Waals surface area contributed by atoms with Gasteiger partial charge in [0.05, 0.1) is 0 Å². The van der Waals surface area contributed by atoms with E-state index in [2.05, 4.69) is 0 Å². The molecule has 3 heteroatoms. The molecule has 1 saturated carbocycles. The van der Waals surface area contributed by atoms with Gasteiger partial charge in [-0.1, -0.05) is 6.42 Å². The molecule has 1 aliphatic heterocycles. The molecule has 0 aromatic carbocycles. The number of amides is 1. The first-order valence-electron chi connectivity index (χ1n) is 5.97. The van der Waals surface area contributed by atoms with Gasteiger partial charge in [-0.2, -0.15) is 0 Å². The Balaban J connectivity index is 1.96. The first-order chi connectivity index (χ1) is 6.97. The van der Waals surface area contributed by atoms with E-state index in [4.69, 9.17) is 4.74 Å². The first kappa shape index (κ1) is 10.8. The van der Waals surface area contributed by atoms with Gasteiger partial charge in [0.25, 0.3) is 0 Å². The molecule has 2 atom stereocenters. The van der Waals surface area contributed by atoms with Gasteiger partial charge in [-0.25, -0.2) is 4.79 Å². The minimum Gasteiger partial charge on any atom is -0.444 e. The number of likely N-dealkylation sites (tertiary alicyclic amines) is 1. The first-order valence-corrected chi connectivity index (χ1v) is 5.97. The number of nitrogens with zero attached hydrogens (tertiary/aromatic N) is 1. The van der Waals surface area contributed by atoms with E-state index < -0.39 is 0 Å². The number of hydrogen-bond donors (Lipinski definition) is 0. The van der Waals surface area contributed by atoms with Crippen molar-refractivity contribution in [3.05, 3.63) is 0 Å². The third kappa shape index (κ3) is 2.27. The standard InChI is InChI=1S/C12H21NO2/c1-12(2,3)15-11(14)13-8-7-9-5-4-6-10(9)13/h9-10H,4-8H2,1-3H3/t9-,10+/m0/s1. The lowest BCUT2D eigenvalue weighted by Gasteiger charge is -2.28. The highest BCUT2D eigenvalue weighted by Gasteiger charge is 2.41. The van der Waals surface area contributed by atoms with Crippen molar-refractivity contribution < 1.29 is 9.53 Å². The van der Waals surface area contributed by atoms with Crippen molar-refractivity contribution in [1.29, 1.82) is 0 Å². The van der Waals surface area contributed by atoms with Crippen LogP contribution < -0.4 is 0 Å². The lowest BCUT2D eigenvalue weighted by atomic mass is 10.1. The summed E-state index contributed by atoms with van der Waals surface area (Å²) in [6.07, 6.45) is 4.80. The fourth-order valence-corrected chi connectivity index (χ4v) is 2.78. The van der Waals surface area contributed by atoms with Crippen LogP contribution in [0.15, 0.2) is 0 Å². The van der Waals surface area contributed by atoms with Crippen LogP contribution in [0.2, 0.25) is 0 Å². The van der Waals surface area contributed by atoms with E-state index in [0.717, 1.165) is 12.5 Å². The minimum absolute atomic E-state index is 0.114. The average molecular weight is 211 g/mol. The lowest BCUT2D eigenvalue weighted by molar-refractivity contribution is 0.0218. The Kier molecular flexibility index (Phi) is 2.65. The van der Waals surface area contributed by atoms with Gasteiger partial charge in [0, 0.05) is 12.6 Å². The molecule has 15 heavy (non-hydrogen) atoms. The van der Waals surface area contributed by atoms with Gasteiger partial charge >= 0.3 is 6.09 Å². The molecule has 0 bridgehead atoms. The molecule has 2 rings (SSSR count). The predicted octanol–water partition coefficient (Wildman–Crippen LogP) is 2.80. The molecule has 1 heterocycles. The lowest BCUT2D eigenvalue weighted by Crippen LogP contribution is -2.40. The van der Waals surface area contributed by atoms with E-state index >= 15 is 0 Å². The van der Waals surface area contributed by atoms with Gasteiger partial charge < -0.3 is 9.64 Å². The molecular formula is C12H21NO2. The third-order valence-electron chi connectivity index (χ3n) is 3.39. The number of carbonyl (C=O) groups is 1. The second kappa shape index (κ2) is 3.69. The molecule has 1 saturated heterocycles. The van der Waals surface area contributed by atoms with Crippen molar-refractivity contribution in [3.8, 4) is 0 Å². The SMILES string of the molecule is CC(C)(C)OC(=O)N1CC[C@@H]2CCC[C@H]21. The second-order valence-electron chi connectivity index (χ2n) is 5.72. The number of carbonyl (C=O) groups excluding carboxylic acids is 1. The van der Waals surface area contributed by atoms with Gasteiger partial charge in [-0.15, -0.1) is 0 Å². The maximum atomic E-state index is 11.9. The normalized spacial score (nSPS) is 30.5. The second-order valence-corrected chi connectivity index (χ2v) is 5.72. The number of rotatable bonds is 0. The van der Waals surface area contributed by atoms with Crippen LogP contribution in [0.5, 0.6) is 0 Å². The average Bonchev–Trinajstić information content (AvgIpc) is 2.57. The molecule has 0 aromatic heterocycles. The molecule has 1 aliphatic carbocycles. The molecule has 0 unspecified atom stereocenters. The Morgan fingerprint density at radius 2 is 2.00 bits per heavy atom. The van der Waals surface area contributed by atoms with Crippen LogP contribution >= 0.6 is 0 Å². The van der Waals surface area contributed by atoms with Crippen molar-refractivity contribution in [2.45, 2.75) is 58.1 Å². The van der Waals surface area contributed by atoms with Crippen LogP contribution in [0, 0.1) is 5.92 Å². The van der Waals surface area contributed by atoms with E-state index in [1.54, 1.807) is 0 Å². The van der Waals surface area contributed by atoms with Crippen LogP contribution in [0.4, 0.5) is 4.79 Å². The highest BCUT2D eigenvalue weighted by molar-refractivity contribution is 5.69. The molecule has 0 spiro atoms. The molecular weight excluding hydrogens is 190 g/mol. The summed E-state index contributed by atoms with van der Waals surface area (Å²) in [4.78, 5) is 13.9. The minimum atomic E-state index is -0.367.